The van der Waals surface area contributed by atoms with Crippen LogP contribution in [0.3, 0.4) is 0 Å². The van der Waals surface area contributed by atoms with E-state index in [1.54, 1.807) is 24.3 Å². The Morgan fingerprint density at radius 2 is 0.982 bits per heavy atom. The van der Waals surface area contributed by atoms with Crippen LogP contribution in [0.5, 0.6) is 11.5 Å². The Kier molecular flexibility index (Phi) is 16.5. The van der Waals surface area contributed by atoms with E-state index in [0.717, 1.165) is 0 Å². The molecule has 55 heavy (non-hydrogen) atoms. The van der Waals surface area contributed by atoms with Crippen molar-refractivity contribution in [3.63, 3.8) is 0 Å². The fourth-order valence-corrected chi connectivity index (χ4v) is 7.19. The minimum Gasteiger partial charge on any atom is -0.481 e. The van der Waals surface area contributed by atoms with Crippen molar-refractivity contribution in [3.05, 3.63) is 59.7 Å². The lowest BCUT2D eigenvalue weighted by Gasteiger charge is -2.46. The van der Waals surface area contributed by atoms with Crippen LogP contribution >= 0.6 is 11.8 Å². The van der Waals surface area contributed by atoms with Crippen LogP contribution in [-0.2, 0) is 19.1 Å². The van der Waals surface area contributed by atoms with Crippen molar-refractivity contribution in [1.82, 2.24) is 10.6 Å². The summed E-state index contributed by atoms with van der Waals surface area (Å²) in [6.07, 6.45) is 0.163. The van der Waals surface area contributed by atoms with E-state index in [4.69, 9.17) is 31.8 Å². The predicted octanol–water partition coefficient (Wildman–Crippen LogP) is -1.08. The zero-order valence-electron chi connectivity index (χ0n) is 29.6. The Bertz CT molecular complexity index is 1570. The molecule has 4 rings (SSSR count). The fourth-order valence-electron chi connectivity index (χ4n) is 5.86. The molecule has 8 N–H and O–H groups in total. The molecule has 16 nitrogen and oxygen atoms in total. The highest BCUT2D eigenvalue weighted by atomic mass is 32.2. The minimum atomic E-state index is -1.66. The van der Waals surface area contributed by atoms with Crippen molar-refractivity contribution in [3.8, 4) is 36.2 Å². The molecule has 2 saturated heterocycles. The monoisotopic (exact) mass is 784 g/mol. The highest BCUT2D eigenvalue weighted by molar-refractivity contribution is 8.00. The second-order valence-corrected chi connectivity index (χ2v) is 13.8. The number of ketones is 2. The summed E-state index contributed by atoms with van der Waals surface area (Å²) in [5.41, 5.74) is -2.10. The molecular weight excluding hydrogens is 740 g/mol. The van der Waals surface area contributed by atoms with Crippen molar-refractivity contribution in [2.24, 2.45) is 0 Å². The first kappa shape index (κ1) is 43.2. The second-order valence-electron chi connectivity index (χ2n) is 12.6. The average molecular weight is 785 g/mol. The van der Waals surface area contributed by atoms with E-state index >= 15 is 0 Å². The van der Waals surface area contributed by atoms with E-state index < -0.39 is 84.6 Å². The number of hydrogen-bond acceptors (Lipinski definition) is 15. The summed E-state index contributed by atoms with van der Waals surface area (Å²) in [7, 11) is 0. The lowest BCUT2D eigenvalue weighted by atomic mass is 9.96. The number of aliphatic hydroxyl groups is 6. The van der Waals surface area contributed by atoms with Crippen LogP contribution in [0.15, 0.2) is 48.5 Å². The van der Waals surface area contributed by atoms with Crippen LogP contribution < -0.4 is 20.1 Å². The maximum atomic E-state index is 12.9. The molecule has 0 spiro atoms. The molecule has 10 atom stereocenters. The molecule has 2 aromatic carbocycles. The molecule has 0 saturated carbocycles. The molecule has 0 aromatic heterocycles. The first-order valence-corrected chi connectivity index (χ1v) is 18.2. The van der Waals surface area contributed by atoms with Crippen LogP contribution in [0.1, 0.15) is 46.4 Å². The molecule has 2 aliphatic heterocycles. The predicted molar refractivity (Wildman–Crippen MR) is 196 cm³/mol. The highest BCUT2D eigenvalue weighted by Crippen LogP contribution is 2.37. The van der Waals surface area contributed by atoms with Gasteiger partial charge in [-0.05, 0) is 48.5 Å². The third-order valence-electron chi connectivity index (χ3n) is 8.85. The van der Waals surface area contributed by atoms with Gasteiger partial charge in [0.25, 0.3) is 0 Å². The molecule has 0 bridgehead atoms. The third-order valence-corrected chi connectivity index (χ3v) is 10.2. The molecule has 296 valence electrons. The summed E-state index contributed by atoms with van der Waals surface area (Å²) in [4.78, 5) is 51.2. The van der Waals surface area contributed by atoms with Gasteiger partial charge < -0.3 is 60.2 Å². The second kappa shape index (κ2) is 21.0. The molecule has 0 radical (unpaired) electrons. The number of benzene rings is 2. The van der Waals surface area contributed by atoms with Crippen LogP contribution in [0.4, 0.5) is 0 Å². The number of aliphatic hydroxyl groups excluding tert-OH is 6. The van der Waals surface area contributed by atoms with Crippen molar-refractivity contribution >= 4 is 35.1 Å². The first-order chi connectivity index (χ1) is 26.4. The van der Waals surface area contributed by atoms with Gasteiger partial charge in [0.15, 0.2) is 11.6 Å². The van der Waals surface area contributed by atoms with Gasteiger partial charge in [-0.15, -0.1) is 12.8 Å². The number of carbonyl (C=O) groups excluding carboxylic acids is 4. The summed E-state index contributed by atoms with van der Waals surface area (Å²) in [6.45, 7) is -1.35. The summed E-state index contributed by atoms with van der Waals surface area (Å²) < 4.78 is 21.9. The van der Waals surface area contributed by atoms with Gasteiger partial charge in [0, 0.05) is 36.8 Å². The van der Waals surface area contributed by atoms with Crippen LogP contribution in [0, 0.1) is 24.7 Å². The highest BCUT2D eigenvalue weighted by Gasteiger charge is 2.50. The third kappa shape index (κ3) is 11.7. The summed E-state index contributed by atoms with van der Waals surface area (Å²) in [5, 5.41) is 69.0. The van der Waals surface area contributed by atoms with Gasteiger partial charge in [0.2, 0.25) is 11.8 Å². The molecule has 8 unspecified atom stereocenters. The normalized spacial score (nSPS) is 27.5. The summed E-state index contributed by atoms with van der Waals surface area (Å²) >= 11 is 0.663. The van der Waals surface area contributed by atoms with Crippen LogP contribution in [0.25, 0.3) is 0 Å². The zero-order valence-corrected chi connectivity index (χ0v) is 30.4. The van der Waals surface area contributed by atoms with E-state index in [1.807, 2.05) is 0 Å². The summed E-state index contributed by atoms with van der Waals surface area (Å²) in [5.74, 6) is 3.48. The van der Waals surface area contributed by atoms with Crippen molar-refractivity contribution in [2.75, 3.05) is 26.4 Å². The van der Waals surface area contributed by atoms with E-state index in [9.17, 15) is 49.8 Å². The van der Waals surface area contributed by atoms with Gasteiger partial charge >= 0.3 is 0 Å². The molecule has 2 amide bonds. The number of ether oxygens (including phenoxy) is 4. The number of nitrogens with one attached hydrogen (secondary N) is 2. The maximum Gasteiger partial charge on any atom is 0.220 e. The number of amides is 2. The Hall–Kier alpha value is -4.53. The first-order valence-electron chi connectivity index (χ1n) is 17.3. The number of terminal acetylenes is 2. The van der Waals surface area contributed by atoms with E-state index in [0.29, 0.717) is 34.4 Å². The minimum absolute atomic E-state index is 0.0568. The van der Waals surface area contributed by atoms with E-state index in [1.165, 1.54) is 24.3 Å². The smallest absolute Gasteiger partial charge is 0.220 e. The molecule has 0 aliphatic carbocycles. The Morgan fingerprint density at radius 1 is 0.618 bits per heavy atom. The van der Waals surface area contributed by atoms with Crippen LogP contribution in [-0.4, -0.2) is 140 Å². The van der Waals surface area contributed by atoms with Crippen LogP contribution in [0.2, 0.25) is 0 Å². The number of rotatable bonds is 18. The van der Waals surface area contributed by atoms with Gasteiger partial charge in [-0.2, -0.15) is 0 Å². The van der Waals surface area contributed by atoms with Gasteiger partial charge in [0.1, 0.15) is 72.2 Å². The van der Waals surface area contributed by atoms with E-state index in [-0.39, 0.29) is 50.5 Å². The summed E-state index contributed by atoms with van der Waals surface area (Å²) in [6, 6.07) is 9.51. The molecule has 2 aromatic rings. The van der Waals surface area contributed by atoms with Crippen molar-refractivity contribution in [2.45, 2.75) is 85.3 Å². The topological polar surface area (TPSA) is 251 Å². The molecule has 2 heterocycles. The molecule has 17 heteroatoms. The number of hydrogen-bond donors (Lipinski definition) is 8. The number of carbonyl (C=O) groups is 4. The Morgan fingerprint density at radius 3 is 1.31 bits per heavy atom. The maximum absolute atomic E-state index is 12.9. The fraction of sp³-hybridized carbons (Fsp3) is 0.474. The molecular formula is C38H44N2O14S. The lowest BCUT2D eigenvalue weighted by molar-refractivity contribution is -0.179. The van der Waals surface area contributed by atoms with Gasteiger partial charge in [0.05, 0.1) is 25.3 Å². The largest absolute Gasteiger partial charge is 0.481 e. The Labute approximate surface area is 321 Å². The van der Waals surface area contributed by atoms with Crippen molar-refractivity contribution < 1.29 is 68.8 Å². The number of Topliss-reactive ketones (excluding diaryl/α,β-unsaturated/α-hetero) is 2. The lowest BCUT2D eigenvalue weighted by Crippen LogP contribution is -2.66. The SMILES string of the molecule is C#CCOc1ccc(C(=O)CCC(=O)NC2C(O)C(CO)OC(S[C@@H]3O[C@H](CO)C(O)C(NC(=O)CCC(=O)c4ccc(OCC#C)cc4)C3O)C2O)cc1. The van der Waals surface area contributed by atoms with Gasteiger partial charge in [-0.3, -0.25) is 19.2 Å². The van der Waals surface area contributed by atoms with Gasteiger partial charge in [-0.1, -0.05) is 23.6 Å². The molecule has 2 aliphatic rings. The number of thioether (sulfide) groups is 1. The zero-order chi connectivity index (χ0) is 40.1. The standard InChI is InChI=1S/C38H44N2O14S/c1-3-17-51-23-9-5-21(6-10-23)25(43)13-15-29(45)39-31-33(47)27(19-41)53-37(35(31)49)55-38-36(50)32(34(48)28(20-42)54-38)40-30(46)16-14-26(44)22-7-11-24(12-8-22)52-18-4-2/h1-2,5-12,27-28,31-38,41-42,47-50H,13-20H2,(H,39,45)(H,40,46)/t27-,28?,31?,32?,33?,34?,35?,36?,37+,38?/m1/s1. The average Bonchev–Trinajstić information content (AvgIpc) is 3.19. The quantitative estimate of drug-likeness (QED) is 0.0662. The molecule has 2 fully saturated rings. The van der Waals surface area contributed by atoms with Crippen molar-refractivity contribution in [1.29, 1.82) is 0 Å². The van der Waals surface area contributed by atoms with Gasteiger partial charge in [-0.25, -0.2) is 0 Å². The van der Waals surface area contributed by atoms with E-state index in [2.05, 4.69) is 22.5 Å². The Balaban J connectivity index is 1.35.